The van der Waals surface area contributed by atoms with Crippen molar-refractivity contribution in [2.75, 3.05) is 33.2 Å². The number of aryl methyl sites for hydroxylation is 1. The lowest BCUT2D eigenvalue weighted by Crippen LogP contribution is -2.50. The van der Waals surface area contributed by atoms with Gasteiger partial charge in [0.2, 0.25) is 5.91 Å². The summed E-state index contributed by atoms with van der Waals surface area (Å²) in [7, 11) is 2.00. The van der Waals surface area contributed by atoms with Gasteiger partial charge in [-0.3, -0.25) is 9.69 Å². The minimum absolute atomic E-state index is 0. The molecular formula is C17H30Cl2N4OS. The van der Waals surface area contributed by atoms with Crippen LogP contribution in [0.15, 0.2) is 5.38 Å². The molecule has 1 aromatic rings. The number of hydrogen-bond acceptors (Lipinski definition) is 5. The molecule has 3 rings (SSSR count). The van der Waals surface area contributed by atoms with E-state index in [-0.39, 0.29) is 30.7 Å². The topological polar surface area (TPSA) is 48.5 Å². The van der Waals surface area contributed by atoms with Crippen LogP contribution < -0.4 is 5.32 Å². The van der Waals surface area contributed by atoms with Gasteiger partial charge in [-0.25, -0.2) is 4.98 Å². The molecule has 25 heavy (non-hydrogen) atoms. The number of carbonyl (C=O) groups is 1. The van der Waals surface area contributed by atoms with Gasteiger partial charge in [-0.2, -0.15) is 0 Å². The summed E-state index contributed by atoms with van der Waals surface area (Å²) in [4.78, 5) is 21.8. The van der Waals surface area contributed by atoms with Gasteiger partial charge in [0.1, 0.15) is 0 Å². The summed E-state index contributed by atoms with van der Waals surface area (Å²) in [5.41, 5.74) is 1.17. The van der Waals surface area contributed by atoms with Gasteiger partial charge >= 0.3 is 0 Å². The molecule has 2 aliphatic rings. The first-order chi connectivity index (χ1) is 11.2. The van der Waals surface area contributed by atoms with Gasteiger partial charge in [0, 0.05) is 37.0 Å². The summed E-state index contributed by atoms with van der Waals surface area (Å²) in [5, 5.41) is 6.60. The summed E-state index contributed by atoms with van der Waals surface area (Å²) in [6, 6.07) is 0.473. The van der Waals surface area contributed by atoms with Crippen molar-refractivity contribution in [3.05, 3.63) is 16.1 Å². The monoisotopic (exact) mass is 408 g/mol. The number of likely N-dealkylation sites (tertiary alicyclic amines) is 2. The van der Waals surface area contributed by atoms with Gasteiger partial charge in [-0.05, 0) is 52.7 Å². The molecule has 1 atom stereocenters. The minimum Gasteiger partial charge on any atom is -0.341 e. The molecule has 2 fully saturated rings. The molecular weight excluding hydrogens is 379 g/mol. The summed E-state index contributed by atoms with van der Waals surface area (Å²) < 4.78 is 0. The van der Waals surface area contributed by atoms with Crippen molar-refractivity contribution in [2.24, 2.45) is 5.92 Å². The van der Waals surface area contributed by atoms with Crippen LogP contribution in [0.2, 0.25) is 0 Å². The van der Waals surface area contributed by atoms with Crippen LogP contribution in [0.4, 0.5) is 0 Å². The molecule has 0 spiro atoms. The van der Waals surface area contributed by atoms with Crippen LogP contribution in [0.25, 0.3) is 0 Å². The Labute approximate surface area is 167 Å². The molecule has 0 radical (unpaired) electrons. The molecule has 1 N–H and O–H groups in total. The average molecular weight is 409 g/mol. The third-order valence-corrected chi connectivity index (χ3v) is 5.95. The zero-order chi connectivity index (χ0) is 16.2. The quantitative estimate of drug-likeness (QED) is 0.831. The molecule has 2 aliphatic heterocycles. The lowest BCUT2D eigenvalue weighted by atomic mass is 9.93. The van der Waals surface area contributed by atoms with Crippen LogP contribution in [0.3, 0.4) is 0 Å². The first-order valence-corrected chi connectivity index (χ1v) is 9.63. The Morgan fingerprint density at radius 3 is 2.60 bits per heavy atom. The fourth-order valence-electron chi connectivity index (χ4n) is 3.72. The fourth-order valence-corrected chi connectivity index (χ4v) is 4.32. The number of piperidine rings is 2. The Balaban J connectivity index is 0.00000156. The van der Waals surface area contributed by atoms with Gasteiger partial charge in [0.15, 0.2) is 0 Å². The number of amides is 1. The molecule has 144 valence electrons. The van der Waals surface area contributed by atoms with E-state index in [0.29, 0.717) is 11.9 Å². The summed E-state index contributed by atoms with van der Waals surface area (Å²) in [5.74, 6) is 0.605. The summed E-state index contributed by atoms with van der Waals surface area (Å²) in [6.07, 6.45) is 4.29. The van der Waals surface area contributed by atoms with E-state index >= 15 is 0 Å². The van der Waals surface area contributed by atoms with E-state index < -0.39 is 0 Å². The van der Waals surface area contributed by atoms with E-state index in [4.69, 9.17) is 0 Å². The van der Waals surface area contributed by atoms with Gasteiger partial charge in [-0.15, -0.1) is 36.2 Å². The van der Waals surface area contributed by atoms with Crippen LogP contribution in [-0.4, -0.2) is 60.0 Å². The molecule has 1 amide bonds. The van der Waals surface area contributed by atoms with Crippen LogP contribution in [0.1, 0.15) is 36.4 Å². The van der Waals surface area contributed by atoms with Crippen LogP contribution in [-0.2, 0) is 11.3 Å². The SMILES string of the molecule is CNC1CCCN(C(=O)C2CCN(Cc3csc(C)n3)CC2)C1.Cl.Cl. The van der Waals surface area contributed by atoms with E-state index in [2.05, 4.69) is 32.4 Å². The van der Waals surface area contributed by atoms with Gasteiger partial charge in [0.05, 0.1) is 10.7 Å². The highest BCUT2D eigenvalue weighted by molar-refractivity contribution is 7.09. The molecule has 0 aromatic carbocycles. The predicted octanol–water partition coefficient (Wildman–Crippen LogP) is 2.72. The molecule has 3 heterocycles. The number of nitrogens with one attached hydrogen (secondary N) is 1. The number of nitrogens with zero attached hydrogens (tertiary/aromatic N) is 3. The van der Waals surface area contributed by atoms with E-state index in [1.54, 1.807) is 11.3 Å². The standard InChI is InChI=1S/C17H28N4OS.2ClH/c1-13-19-16(12-23-13)10-20-8-5-14(6-9-20)17(22)21-7-3-4-15(11-21)18-2;;/h12,14-15,18H,3-11H2,1-2H3;2*1H. The molecule has 0 aliphatic carbocycles. The number of likely N-dealkylation sites (N-methyl/N-ethyl adjacent to an activating group) is 1. The van der Waals surface area contributed by atoms with Crippen molar-refractivity contribution in [1.29, 1.82) is 0 Å². The summed E-state index contributed by atoms with van der Waals surface area (Å²) >= 11 is 1.72. The maximum atomic E-state index is 12.8. The molecule has 0 bridgehead atoms. The normalized spacial score (nSPS) is 22.2. The lowest BCUT2D eigenvalue weighted by Gasteiger charge is -2.37. The third-order valence-electron chi connectivity index (χ3n) is 5.13. The zero-order valence-electron chi connectivity index (χ0n) is 15.1. The van der Waals surface area contributed by atoms with E-state index in [1.165, 1.54) is 12.1 Å². The average Bonchev–Trinajstić information content (AvgIpc) is 3.00. The Hall–Kier alpha value is -0.400. The molecule has 8 heteroatoms. The maximum absolute atomic E-state index is 12.8. The molecule has 5 nitrogen and oxygen atoms in total. The Morgan fingerprint density at radius 2 is 2.00 bits per heavy atom. The number of carbonyl (C=O) groups excluding carboxylic acids is 1. The smallest absolute Gasteiger partial charge is 0.225 e. The van der Waals surface area contributed by atoms with Crippen molar-refractivity contribution >= 4 is 42.1 Å². The third kappa shape index (κ3) is 6.07. The van der Waals surface area contributed by atoms with E-state index in [1.807, 2.05) is 7.05 Å². The number of rotatable bonds is 4. The van der Waals surface area contributed by atoms with Gasteiger partial charge in [-0.1, -0.05) is 0 Å². The Kier molecular flexibility index (Phi) is 9.67. The molecule has 0 saturated carbocycles. The highest BCUT2D eigenvalue weighted by Crippen LogP contribution is 2.23. The van der Waals surface area contributed by atoms with Gasteiger partial charge < -0.3 is 10.2 Å². The molecule has 1 aromatic heterocycles. The number of thiazole rings is 1. The maximum Gasteiger partial charge on any atom is 0.225 e. The lowest BCUT2D eigenvalue weighted by molar-refractivity contribution is -0.138. The first-order valence-electron chi connectivity index (χ1n) is 8.75. The minimum atomic E-state index is 0. The molecule has 2 saturated heterocycles. The second-order valence-corrected chi connectivity index (χ2v) is 7.88. The van der Waals surface area contributed by atoms with Crippen molar-refractivity contribution in [2.45, 2.75) is 45.2 Å². The van der Waals surface area contributed by atoms with E-state index in [9.17, 15) is 4.79 Å². The predicted molar refractivity (Wildman–Crippen MR) is 108 cm³/mol. The summed E-state index contributed by atoms with van der Waals surface area (Å²) in [6.45, 7) is 6.82. The van der Waals surface area contributed by atoms with Crippen molar-refractivity contribution in [3.63, 3.8) is 0 Å². The number of aromatic nitrogens is 1. The number of halogens is 2. The van der Waals surface area contributed by atoms with Gasteiger partial charge in [0.25, 0.3) is 0 Å². The molecule has 1 unspecified atom stereocenters. The van der Waals surface area contributed by atoms with Crippen molar-refractivity contribution < 1.29 is 4.79 Å². The van der Waals surface area contributed by atoms with Crippen LogP contribution in [0, 0.1) is 12.8 Å². The second-order valence-electron chi connectivity index (χ2n) is 6.82. The van der Waals surface area contributed by atoms with Crippen molar-refractivity contribution in [3.8, 4) is 0 Å². The fraction of sp³-hybridized carbons (Fsp3) is 0.765. The highest BCUT2D eigenvalue weighted by Gasteiger charge is 2.31. The number of hydrogen-bond donors (Lipinski definition) is 1. The van der Waals surface area contributed by atoms with Crippen LogP contribution in [0.5, 0.6) is 0 Å². The largest absolute Gasteiger partial charge is 0.341 e. The van der Waals surface area contributed by atoms with Crippen molar-refractivity contribution in [1.82, 2.24) is 20.1 Å². The van der Waals surface area contributed by atoms with E-state index in [0.717, 1.165) is 57.0 Å². The highest BCUT2D eigenvalue weighted by atomic mass is 35.5. The Morgan fingerprint density at radius 1 is 1.28 bits per heavy atom. The van der Waals surface area contributed by atoms with Crippen LogP contribution >= 0.6 is 36.2 Å². The zero-order valence-corrected chi connectivity index (χ0v) is 17.5. The first kappa shape index (κ1) is 22.6. The second kappa shape index (κ2) is 10.7. The Bertz CT molecular complexity index is 534.